The van der Waals surface area contributed by atoms with E-state index in [0.717, 1.165) is 29.7 Å². The minimum atomic E-state index is 0.693. The number of hydrogen-bond acceptors (Lipinski definition) is 3. The highest BCUT2D eigenvalue weighted by atomic mass is 15.0. The van der Waals surface area contributed by atoms with E-state index in [0.29, 0.717) is 6.54 Å². The molecular formula is C18H19N3. The molecule has 0 aliphatic rings. The molecule has 0 aliphatic heterocycles. The quantitative estimate of drug-likeness (QED) is 0.752. The largest absolute Gasteiger partial charge is 0.366 e. The van der Waals surface area contributed by atoms with Crippen molar-refractivity contribution in [1.29, 1.82) is 0 Å². The van der Waals surface area contributed by atoms with Crippen molar-refractivity contribution in [3.63, 3.8) is 0 Å². The van der Waals surface area contributed by atoms with Crippen LogP contribution < -0.4 is 11.1 Å². The molecule has 3 heteroatoms. The molecule has 3 N–H and O–H groups in total. The lowest BCUT2D eigenvalue weighted by atomic mass is 10.1. The van der Waals surface area contributed by atoms with E-state index in [1.165, 1.54) is 11.1 Å². The predicted molar refractivity (Wildman–Crippen MR) is 88.3 cm³/mol. The number of pyridine rings is 1. The van der Waals surface area contributed by atoms with Gasteiger partial charge in [-0.1, -0.05) is 42.5 Å². The second-order valence-electron chi connectivity index (χ2n) is 5.10. The van der Waals surface area contributed by atoms with Gasteiger partial charge in [-0.05, 0) is 42.3 Å². The van der Waals surface area contributed by atoms with Crippen molar-refractivity contribution in [2.24, 2.45) is 5.73 Å². The van der Waals surface area contributed by atoms with Gasteiger partial charge in [-0.3, -0.25) is 0 Å². The Morgan fingerprint density at radius 1 is 0.857 bits per heavy atom. The average molecular weight is 277 g/mol. The first-order valence-corrected chi connectivity index (χ1v) is 7.23. The lowest BCUT2D eigenvalue weighted by Crippen LogP contribution is -2.04. The SMILES string of the molecule is NCCc1ccc(CNc2ccc3ccccc3n2)cc1. The molecule has 3 rings (SSSR count). The van der Waals surface area contributed by atoms with Crippen LogP contribution in [0.3, 0.4) is 0 Å². The van der Waals surface area contributed by atoms with E-state index < -0.39 is 0 Å². The van der Waals surface area contributed by atoms with Gasteiger partial charge >= 0.3 is 0 Å². The Hall–Kier alpha value is -2.39. The number of para-hydroxylation sites is 1. The maximum absolute atomic E-state index is 5.56. The summed E-state index contributed by atoms with van der Waals surface area (Å²) in [5.41, 5.74) is 9.10. The van der Waals surface area contributed by atoms with Crippen LogP contribution in [-0.2, 0) is 13.0 Å². The van der Waals surface area contributed by atoms with E-state index in [2.05, 4.69) is 46.7 Å². The zero-order valence-electron chi connectivity index (χ0n) is 11.9. The van der Waals surface area contributed by atoms with Gasteiger partial charge < -0.3 is 11.1 Å². The van der Waals surface area contributed by atoms with Crippen LogP contribution in [0, 0.1) is 0 Å². The van der Waals surface area contributed by atoms with Crippen LogP contribution in [0.25, 0.3) is 10.9 Å². The van der Waals surface area contributed by atoms with E-state index in [4.69, 9.17) is 5.73 Å². The number of anilines is 1. The molecule has 3 nitrogen and oxygen atoms in total. The summed E-state index contributed by atoms with van der Waals surface area (Å²) in [5, 5.41) is 4.53. The fourth-order valence-electron chi connectivity index (χ4n) is 2.35. The summed E-state index contributed by atoms with van der Waals surface area (Å²) in [6.45, 7) is 1.47. The van der Waals surface area contributed by atoms with Crippen LogP contribution in [0.2, 0.25) is 0 Å². The number of rotatable bonds is 5. The number of benzene rings is 2. The molecule has 0 saturated carbocycles. The summed E-state index contributed by atoms with van der Waals surface area (Å²) in [4.78, 5) is 4.61. The van der Waals surface area contributed by atoms with Crippen LogP contribution >= 0.6 is 0 Å². The number of hydrogen-bond donors (Lipinski definition) is 2. The number of nitrogens with zero attached hydrogens (tertiary/aromatic N) is 1. The summed E-state index contributed by atoms with van der Waals surface area (Å²) in [6, 6.07) is 20.8. The minimum Gasteiger partial charge on any atom is -0.366 e. The van der Waals surface area contributed by atoms with Gasteiger partial charge in [0.2, 0.25) is 0 Å². The molecule has 0 spiro atoms. The highest BCUT2D eigenvalue weighted by Gasteiger charge is 1.98. The fourth-order valence-corrected chi connectivity index (χ4v) is 2.35. The monoisotopic (exact) mass is 277 g/mol. The molecule has 0 amide bonds. The van der Waals surface area contributed by atoms with Gasteiger partial charge in [0, 0.05) is 11.9 Å². The number of fused-ring (bicyclic) bond motifs is 1. The number of aromatic nitrogens is 1. The highest BCUT2D eigenvalue weighted by Crippen LogP contribution is 2.15. The molecule has 1 aromatic heterocycles. The topological polar surface area (TPSA) is 50.9 Å². The third-order valence-electron chi connectivity index (χ3n) is 3.53. The first kappa shape index (κ1) is 13.6. The van der Waals surface area contributed by atoms with E-state index in [1.54, 1.807) is 0 Å². The zero-order chi connectivity index (χ0) is 14.5. The Bertz CT molecular complexity index is 720. The fraction of sp³-hybridized carbons (Fsp3) is 0.167. The summed E-state index contributed by atoms with van der Waals surface area (Å²) < 4.78 is 0. The molecule has 2 aromatic carbocycles. The molecule has 0 aliphatic carbocycles. The Labute approximate surface area is 124 Å². The summed E-state index contributed by atoms with van der Waals surface area (Å²) in [7, 11) is 0. The molecule has 21 heavy (non-hydrogen) atoms. The van der Waals surface area contributed by atoms with Crippen molar-refractivity contribution in [2.45, 2.75) is 13.0 Å². The maximum Gasteiger partial charge on any atom is 0.126 e. The van der Waals surface area contributed by atoms with Crippen LogP contribution in [-0.4, -0.2) is 11.5 Å². The van der Waals surface area contributed by atoms with Crippen LogP contribution in [0.1, 0.15) is 11.1 Å². The summed E-state index contributed by atoms with van der Waals surface area (Å²) in [5.74, 6) is 0.903. The standard InChI is InChI=1S/C18H19N3/c19-12-11-14-5-7-15(8-6-14)13-20-18-10-9-16-3-1-2-4-17(16)21-18/h1-10H,11-13,19H2,(H,20,21). The van der Waals surface area contributed by atoms with Crippen LogP contribution in [0.15, 0.2) is 60.7 Å². The van der Waals surface area contributed by atoms with Gasteiger partial charge in [0.05, 0.1) is 5.52 Å². The molecule has 0 atom stereocenters. The first-order chi connectivity index (χ1) is 10.3. The predicted octanol–water partition coefficient (Wildman–Crippen LogP) is 3.35. The molecule has 3 aromatic rings. The summed E-state index contributed by atoms with van der Waals surface area (Å²) >= 11 is 0. The molecule has 0 saturated heterocycles. The molecule has 0 radical (unpaired) electrons. The van der Waals surface area contributed by atoms with E-state index in [9.17, 15) is 0 Å². The van der Waals surface area contributed by atoms with Crippen molar-refractivity contribution in [2.75, 3.05) is 11.9 Å². The Morgan fingerprint density at radius 3 is 2.43 bits per heavy atom. The molecule has 0 bridgehead atoms. The minimum absolute atomic E-state index is 0.693. The summed E-state index contributed by atoms with van der Waals surface area (Å²) in [6.07, 6.45) is 0.930. The van der Waals surface area contributed by atoms with E-state index in [-0.39, 0.29) is 0 Å². The Kier molecular flexibility index (Phi) is 4.12. The molecule has 0 fully saturated rings. The number of nitrogens with one attached hydrogen (secondary N) is 1. The molecule has 0 unspecified atom stereocenters. The number of nitrogens with two attached hydrogens (primary N) is 1. The Balaban J connectivity index is 1.68. The van der Waals surface area contributed by atoms with Crippen molar-refractivity contribution in [1.82, 2.24) is 4.98 Å². The lowest BCUT2D eigenvalue weighted by molar-refractivity contribution is 0.966. The van der Waals surface area contributed by atoms with Crippen molar-refractivity contribution >= 4 is 16.7 Å². The molecule has 106 valence electrons. The van der Waals surface area contributed by atoms with Gasteiger partial charge in [0.15, 0.2) is 0 Å². The normalized spacial score (nSPS) is 10.7. The van der Waals surface area contributed by atoms with Crippen LogP contribution in [0.5, 0.6) is 0 Å². The van der Waals surface area contributed by atoms with Gasteiger partial charge in [-0.2, -0.15) is 0 Å². The first-order valence-electron chi connectivity index (χ1n) is 7.23. The average Bonchev–Trinajstić information content (AvgIpc) is 2.54. The smallest absolute Gasteiger partial charge is 0.126 e. The van der Waals surface area contributed by atoms with Crippen molar-refractivity contribution in [3.05, 3.63) is 71.8 Å². The van der Waals surface area contributed by atoms with Crippen LogP contribution in [0.4, 0.5) is 5.82 Å². The Morgan fingerprint density at radius 2 is 1.62 bits per heavy atom. The second kappa shape index (κ2) is 6.37. The third kappa shape index (κ3) is 3.38. The van der Waals surface area contributed by atoms with Gasteiger partial charge in [0.25, 0.3) is 0 Å². The van der Waals surface area contributed by atoms with Gasteiger partial charge in [-0.25, -0.2) is 4.98 Å². The van der Waals surface area contributed by atoms with Gasteiger partial charge in [-0.15, -0.1) is 0 Å². The van der Waals surface area contributed by atoms with Gasteiger partial charge in [0.1, 0.15) is 5.82 Å². The van der Waals surface area contributed by atoms with E-state index in [1.807, 2.05) is 24.3 Å². The molecular weight excluding hydrogens is 258 g/mol. The third-order valence-corrected chi connectivity index (χ3v) is 3.53. The van der Waals surface area contributed by atoms with Crippen molar-refractivity contribution in [3.8, 4) is 0 Å². The lowest BCUT2D eigenvalue weighted by Gasteiger charge is -2.07. The second-order valence-corrected chi connectivity index (χ2v) is 5.10. The van der Waals surface area contributed by atoms with Crippen molar-refractivity contribution < 1.29 is 0 Å². The van der Waals surface area contributed by atoms with E-state index >= 15 is 0 Å². The maximum atomic E-state index is 5.56. The molecule has 1 heterocycles. The zero-order valence-corrected chi connectivity index (χ0v) is 11.9. The highest BCUT2D eigenvalue weighted by molar-refractivity contribution is 5.80.